The van der Waals surface area contributed by atoms with Gasteiger partial charge in [-0.2, -0.15) is 0 Å². The molecule has 0 saturated carbocycles. The maximum atomic E-state index is 9.61. The van der Waals surface area contributed by atoms with Crippen molar-refractivity contribution in [3.8, 4) is 0 Å². The highest BCUT2D eigenvalue weighted by Crippen LogP contribution is 2.35. The molecule has 1 aromatic carbocycles. The lowest BCUT2D eigenvalue weighted by molar-refractivity contribution is -0.109. The molecule has 0 aliphatic heterocycles. The van der Waals surface area contributed by atoms with E-state index in [9.17, 15) is 5.11 Å². The van der Waals surface area contributed by atoms with Gasteiger partial charge in [-0.25, -0.2) is 0 Å². The summed E-state index contributed by atoms with van der Waals surface area (Å²) in [5, 5.41) is 11.0. The van der Waals surface area contributed by atoms with Crippen LogP contribution in [0.15, 0.2) is 30.3 Å². The van der Waals surface area contributed by atoms with E-state index in [4.69, 9.17) is 9.47 Å². The first-order valence-corrected chi connectivity index (χ1v) is 10.3. The van der Waals surface area contributed by atoms with Crippen LogP contribution in [0.25, 0.3) is 0 Å². The van der Waals surface area contributed by atoms with E-state index in [1.165, 1.54) is 5.19 Å². The molecule has 1 N–H and O–H groups in total. The van der Waals surface area contributed by atoms with Gasteiger partial charge in [-0.3, -0.25) is 0 Å². The largest absolute Gasteiger partial charge is 0.396 e. The first-order valence-electron chi connectivity index (χ1n) is 7.19. The van der Waals surface area contributed by atoms with Gasteiger partial charge in [0.25, 0.3) is 0 Å². The smallest absolute Gasteiger partial charge is 0.156 e. The van der Waals surface area contributed by atoms with Crippen LogP contribution in [0.3, 0.4) is 0 Å². The highest BCUT2D eigenvalue weighted by Gasteiger charge is 2.38. The van der Waals surface area contributed by atoms with Gasteiger partial charge in [-0.1, -0.05) is 55.5 Å². The Balaban J connectivity index is 3.03. The van der Waals surface area contributed by atoms with Crippen LogP contribution in [0.1, 0.15) is 13.3 Å². The lowest BCUT2D eigenvalue weighted by Gasteiger charge is -2.38. The monoisotopic (exact) mass is 296 g/mol. The topological polar surface area (TPSA) is 38.7 Å². The second kappa shape index (κ2) is 7.93. The molecule has 0 spiro atoms. The van der Waals surface area contributed by atoms with Crippen molar-refractivity contribution in [2.75, 3.05) is 20.8 Å². The average Bonchev–Trinajstić information content (AvgIpc) is 2.48. The third-order valence-corrected chi connectivity index (χ3v) is 8.87. The summed E-state index contributed by atoms with van der Waals surface area (Å²) >= 11 is 0. The van der Waals surface area contributed by atoms with Crippen LogP contribution in [-0.2, 0) is 9.47 Å². The first-order chi connectivity index (χ1) is 9.47. The van der Waals surface area contributed by atoms with Gasteiger partial charge >= 0.3 is 0 Å². The minimum Gasteiger partial charge on any atom is -0.396 e. The molecule has 0 aromatic heterocycles. The lowest BCUT2D eigenvalue weighted by atomic mass is 10.1. The third-order valence-electron chi connectivity index (χ3n) is 4.39. The van der Waals surface area contributed by atoms with Crippen molar-refractivity contribution >= 4 is 13.3 Å². The summed E-state index contributed by atoms with van der Waals surface area (Å²) < 4.78 is 10.7. The Morgan fingerprint density at radius 2 is 1.65 bits per heavy atom. The molecule has 0 radical (unpaired) electrons. The zero-order chi connectivity index (χ0) is 15.2. The first kappa shape index (κ1) is 17.4. The minimum atomic E-state index is -1.71. The van der Waals surface area contributed by atoms with Gasteiger partial charge in [0.1, 0.15) is 0 Å². The molecule has 114 valence electrons. The molecular formula is C16H28O3Si. The van der Waals surface area contributed by atoms with Gasteiger partial charge < -0.3 is 14.6 Å². The van der Waals surface area contributed by atoms with Crippen molar-refractivity contribution in [1.82, 2.24) is 0 Å². The van der Waals surface area contributed by atoms with Crippen LogP contribution in [-0.4, -0.2) is 40.3 Å². The van der Waals surface area contributed by atoms with Crippen molar-refractivity contribution in [3.63, 3.8) is 0 Å². The highest BCUT2D eigenvalue weighted by atomic mass is 28.3. The van der Waals surface area contributed by atoms with Crippen LogP contribution in [0.2, 0.25) is 18.6 Å². The van der Waals surface area contributed by atoms with Crippen LogP contribution < -0.4 is 5.19 Å². The van der Waals surface area contributed by atoms with Crippen LogP contribution in [0.5, 0.6) is 0 Å². The van der Waals surface area contributed by atoms with E-state index in [1.807, 2.05) is 6.07 Å². The van der Waals surface area contributed by atoms with Crippen LogP contribution in [0, 0.1) is 5.92 Å². The second-order valence-corrected chi connectivity index (χ2v) is 10.8. The standard InChI is InChI=1S/C16H28O3Si/c1-13(12-17)15(11-16(18-2)19-3)20(4,5)14-9-7-6-8-10-14/h6-10,13,15-17H,11-12H2,1-5H3/t13-,15-/m0/s1. The summed E-state index contributed by atoms with van der Waals surface area (Å²) in [6.45, 7) is 7.04. The molecule has 0 unspecified atom stereocenters. The molecule has 0 fully saturated rings. The SMILES string of the molecule is COC(C[C@@H]([C@@H](C)CO)[Si](C)(C)c1ccccc1)OC. The molecule has 20 heavy (non-hydrogen) atoms. The van der Waals surface area contributed by atoms with Gasteiger partial charge in [0.05, 0.1) is 8.07 Å². The molecule has 0 bridgehead atoms. The van der Waals surface area contributed by atoms with Crippen LogP contribution >= 0.6 is 0 Å². The summed E-state index contributed by atoms with van der Waals surface area (Å²) in [5.74, 6) is 0.240. The van der Waals surface area contributed by atoms with E-state index in [2.05, 4.69) is 44.3 Å². The summed E-state index contributed by atoms with van der Waals surface area (Å²) in [4.78, 5) is 0. The van der Waals surface area contributed by atoms with Crippen LogP contribution in [0.4, 0.5) is 0 Å². The Morgan fingerprint density at radius 3 is 2.10 bits per heavy atom. The molecular weight excluding hydrogens is 268 g/mol. The molecule has 4 heteroatoms. The third kappa shape index (κ3) is 4.15. The van der Waals surface area contributed by atoms with Crippen molar-refractivity contribution in [2.45, 2.75) is 38.3 Å². The minimum absolute atomic E-state index is 0.202. The predicted octanol–water partition coefficient (Wildman–Crippen LogP) is 2.61. The molecule has 1 rings (SSSR count). The Kier molecular flexibility index (Phi) is 6.89. The number of benzene rings is 1. The molecule has 3 nitrogen and oxygen atoms in total. The number of aliphatic hydroxyl groups is 1. The molecule has 0 heterocycles. The van der Waals surface area contributed by atoms with Gasteiger partial charge in [0, 0.05) is 20.8 Å². The fraction of sp³-hybridized carbons (Fsp3) is 0.625. The highest BCUT2D eigenvalue weighted by molar-refractivity contribution is 6.91. The number of aliphatic hydroxyl groups excluding tert-OH is 1. The van der Waals surface area contributed by atoms with E-state index in [0.717, 1.165) is 6.42 Å². The fourth-order valence-electron chi connectivity index (χ4n) is 2.94. The van der Waals surface area contributed by atoms with Crippen molar-refractivity contribution in [3.05, 3.63) is 30.3 Å². The lowest BCUT2D eigenvalue weighted by Crippen LogP contribution is -2.49. The Hall–Kier alpha value is -0.683. The van der Waals surface area contributed by atoms with E-state index < -0.39 is 8.07 Å². The molecule has 0 amide bonds. The molecule has 1 aromatic rings. The number of rotatable bonds is 8. The second-order valence-electron chi connectivity index (χ2n) is 5.99. The van der Waals surface area contributed by atoms with Gasteiger partial charge in [0.15, 0.2) is 6.29 Å². The Labute approximate surface area is 123 Å². The number of ether oxygens (including phenoxy) is 2. The predicted molar refractivity (Wildman–Crippen MR) is 86.0 cm³/mol. The van der Waals surface area contributed by atoms with E-state index >= 15 is 0 Å². The van der Waals surface area contributed by atoms with Crippen molar-refractivity contribution in [1.29, 1.82) is 0 Å². The van der Waals surface area contributed by atoms with E-state index in [0.29, 0.717) is 5.54 Å². The normalized spacial score (nSPS) is 15.3. The molecule has 0 aliphatic carbocycles. The van der Waals surface area contributed by atoms with E-state index in [-0.39, 0.29) is 18.8 Å². The summed E-state index contributed by atoms with van der Waals surface area (Å²) in [7, 11) is 1.64. The maximum absolute atomic E-state index is 9.61. The zero-order valence-corrected chi connectivity index (χ0v) is 14.3. The maximum Gasteiger partial charge on any atom is 0.156 e. The van der Waals surface area contributed by atoms with Crippen molar-refractivity contribution < 1.29 is 14.6 Å². The Bertz CT molecular complexity index is 377. The zero-order valence-electron chi connectivity index (χ0n) is 13.3. The number of methoxy groups -OCH3 is 2. The number of hydrogen-bond acceptors (Lipinski definition) is 3. The summed E-state index contributed by atoms with van der Waals surface area (Å²) in [6, 6.07) is 10.6. The van der Waals surface area contributed by atoms with Gasteiger partial charge in [0.2, 0.25) is 0 Å². The molecule has 2 atom stereocenters. The van der Waals surface area contributed by atoms with Crippen molar-refractivity contribution in [2.24, 2.45) is 5.92 Å². The average molecular weight is 296 g/mol. The van der Waals surface area contributed by atoms with Gasteiger partial charge in [-0.05, 0) is 17.9 Å². The molecule has 0 aliphatic rings. The van der Waals surface area contributed by atoms with Gasteiger partial charge in [-0.15, -0.1) is 0 Å². The molecule has 0 saturated heterocycles. The Morgan fingerprint density at radius 1 is 1.10 bits per heavy atom. The number of hydrogen-bond donors (Lipinski definition) is 1. The summed E-state index contributed by atoms with van der Waals surface area (Å²) in [6.07, 6.45) is 0.618. The van der Waals surface area contributed by atoms with E-state index in [1.54, 1.807) is 14.2 Å². The fourth-order valence-corrected chi connectivity index (χ4v) is 6.73. The summed E-state index contributed by atoms with van der Waals surface area (Å²) in [5.41, 5.74) is 0.403. The quantitative estimate of drug-likeness (QED) is 0.592.